The third-order valence-electron chi connectivity index (χ3n) is 2.94. The fourth-order valence-electron chi connectivity index (χ4n) is 2.02. The Hall–Kier alpha value is -0.620. The fraction of sp³-hybridized carbons (Fsp3) is 0.417. The van der Waals surface area contributed by atoms with Crippen LogP contribution in [0.3, 0.4) is 0 Å². The van der Waals surface area contributed by atoms with Crippen molar-refractivity contribution in [1.82, 2.24) is 0 Å². The molecule has 2 unspecified atom stereocenters. The molecule has 1 heterocycles. The zero-order valence-corrected chi connectivity index (χ0v) is 10.9. The maximum Gasteiger partial charge on any atom is 0.312 e. The number of esters is 1. The Labute approximate surface area is 108 Å². The molecule has 1 aliphatic heterocycles. The van der Waals surface area contributed by atoms with Crippen molar-refractivity contribution in [2.24, 2.45) is 5.92 Å². The van der Waals surface area contributed by atoms with Gasteiger partial charge >= 0.3 is 5.97 Å². The van der Waals surface area contributed by atoms with Gasteiger partial charge in [-0.15, -0.1) is 0 Å². The SMILES string of the molecule is O=C1OC(CI)(c2ccccc2)CC1CO. The average Bonchev–Trinajstić information content (AvgIpc) is 2.68. The van der Waals surface area contributed by atoms with Gasteiger partial charge in [-0.25, -0.2) is 0 Å². The van der Waals surface area contributed by atoms with Gasteiger partial charge < -0.3 is 9.84 Å². The van der Waals surface area contributed by atoms with Gasteiger partial charge in [0.15, 0.2) is 0 Å². The zero-order chi connectivity index (χ0) is 11.6. The molecule has 1 saturated heterocycles. The lowest BCUT2D eigenvalue weighted by molar-refractivity contribution is -0.150. The first-order valence-corrected chi connectivity index (χ1v) is 6.69. The number of alkyl halides is 1. The molecule has 1 fully saturated rings. The Morgan fingerprint density at radius 1 is 1.44 bits per heavy atom. The number of ether oxygens (including phenoxy) is 1. The minimum atomic E-state index is -0.549. The number of carbonyl (C=O) groups excluding carboxylic acids is 1. The number of hydrogen-bond acceptors (Lipinski definition) is 3. The molecule has 0 bridgehead atoms. The smallest absolute Gasteiger partial charge is 0.312 e. The summed E-state index contributed by atoms with van der Waals surface area (Å²) in [6.45, 7) is -0.135. The van der Waals surface area contributed by atoms with Gasteiger partial charge in [0.05, 0.1) is 12.5 Å². The van der Waals surface area contributed by atoms with E-state index < -0.39 is 5.60 Å². The van der Waals surface area contributed by atoms with E-state index in [2.05, 4.69) is 22.6 Å². The highest BCUT2D eigenvalue weighted by Gasteiger charge is 2.46. The molecule has 1 aliphatic rings. The van der Waals surface area contributed by atoms with Gasteiger partial charge in [0.1, 0.15) is 5.60 Å². The van der Waals surface area contributed by atoms with Crippen molar-refractivity contribution in [2.45, 2.75) is 12.0 Å². The lowest BCUT2D eigenvalue weighted by atomic mass is 9.89. The summed E-state index contributed by atoms with van der Waals surface area (Å²) in [5.74, 6) is -0.669. The maximum absolute atomic E-state index is 11.6. The van der Waals surface area contributed by atoms with E-state index in [-0.39, 0.29) is 18.5 Å². The van der Waals surface area contributed by atoms with Crippen LogP contribution in [0.2, 0.25) is 0 Å². The summed E-state index contributed by atoms with van der Waals surface area (Å²) in [7, 11) is 0. The number of halogens is 1. The minimum absolute atomic E-state index is 0.135. The van der Waals surface area contributed by atoms with Crippen molar-refractivity contribution >= 4 is 28.6 Å². The van der Waals surface area contributed by atoms with Gasteiger partial charge in [-0.05, 0) is 5.56 Å². The third-order valence-corrected chi connectivity index (χ3v) is 4.17. The first-order valence-electron chi connectivity index (χ1n) is 5.17. The summed E-state index contributed by atoms with van der Waals surface area (Å²) in [4.78, 5) is 11.6. The summed E-state index contributed by atoms with van der Waals surface area (Å²) >= 11 is 2.22. The Bertz CT molecular complexity index is 379. The van der Waals surface area contributed by atoms with Gasteiger partial charge in [0, 0.05) is 10.8 Å². The maximum atomic E-state index is 11.6. The molecular formula is C12H13IO3. The van der Waals surface area contributed by atoms with Crippen LogP contribution in [0.15, 0.2) is 30.3 Å². The van der Waals surface area contributed by atoms with E-state index in [0.717, 1.165) is 5.56 Å². The molecule has 0 aromatic heterocycles. The van der Waals surface area contributed by atoms with Crippen LogP contribution in [0, 0.1) is 5.92 Å². The molecule has 2 rings (SSSR count). The van der Waals surface area contributed by atoms with E-state index in [4.69, 9.17) is 9.84 Å². The van der Waals surface area contributed by atoms with Crippen molar-refractivity contribution in [2.75, 3.05) is 11.0 Å². The number of benzene rings is 1. The monoisotopic (exact) mass is 332 g/mol. The topological polar surface area (TPSA) is 46.5 Å². The van der Waals surface area contributed by atoms with Crippen LogP contribution in [0.1, 0.15) is 12.0 Å². The largest absolute Gasteiger partial charge is 0.453 e. The molecule has 2 atom stereocenters. The van der Waals surface area contributed by atoms with Crippen molar-refractivity contribution < 1.29 is 14.6 Å². The van der Waals surface area contributed by atoms with Crippen molar-refractivity contribution in [3.8, 4) is 0 Å². The standard InChI is InChI=1S/C12H13IO3/c13-8-12(10-4-2-1-3-5-10)6-9(7-14)11(15)16-12/h1-5,9,14H,6-8H2. The number of hydrogen-bond donors (Lipinski definition) is 1. The van der Waals surface area contributed by atoms with Gasteiger partial charge in [0.25, 0.3) is 0 Å². The fourth-order valence-corrected chi connectivity index (χ4v) is 2.92. The molecule has 1 aromatic rings. The van der Waals surface area contributed by atoms with Gasteiger partial charge in [-0.2, -0.15) is 0 Å². The highest BCUT2D eigenvalue weighted by atomic mass is 127. The van der Waals surface area contributed by atoms with Crippen LogP contribution >= 0.6 is 22.6 Å². The van der Waals surface area contributed by atoms with Gasteiger partial charge in [-0.3, -0.25) is 4.79 Å². The van der Waals surface area contributed by atoms with E-state index in [1.165, 1.54) is 0 Å². The molecule has 0 saturated carbocycles. The molecule has 16 heavy (non-hydrogen) atoms. The number of aliphatic hydroxyl groups excluding tert-OH is 1. The van der Waals surface area contributed by atoms with E-state index in [1.807, 2.05) is 30.3 Å². The molecule has 3 nitrogen and oxygen atoms in total. The number of aliphatic hydroxyl groups is 1. The average molecular weight is 332 g/mol. The summed E-state index contributed by atoms with van der Waals surface area (Å²) in [5.41, 5.74) is 0.459. The quantitative estimate of drug-likeness (QED) is 0.522. The second-order valence-electron chi connectivity index (χ2n) is 4.00. The molecule has 0 spiro atoms. The predicted octanol–water partition coefficient (Wildman–Crippen LogP) is 1.87. The van der Waals surface area contributed by atoms with Crippen LogP contribution in [-0.2, 0) is 15.1 Å². The Morgan fingerprint density at radius 2 is 2.12 bits per heavy atom. The highest BCUT2D eigenvalue weighted by Crippen LogP contribution is 2.41. The molecule has 0 amide bonds. The zero-order valence-electron chi connectivity index (χ0n) is 8.73. The van der Waals surface area contributed by atoms with Crippen LogP contribution in [-0.4, -0.2) is 22.1 Å². The van der Waals surface area contributed by atoms with Crippen LogP contribution < -0.4 is 0 Å². The third kappa shape index (κ3) is 1.96. The Balaban J connectivity index is 2.32. The first-order chi connectivity index (χ1) is 7.72. The second kappa shape index (κ2) is 4.71. The predicted molar refractivity (Wildman–Crippen MR) is 68.3 cm³/mol. The van der Waals surface area contributed by atoms with Crippen LogP contribution in [0.5, 0.6) is 0 Å². The lowest BCUT2D eigenvalue weighted by Crippen LogP contribution is -2.27. The Morgan fingerprint density at radius 3 is 2.62 bits per heavy atom. The molecule has 0 aliphatic carbocycles. The van der Waals surface area contributed by atoms with Crippen molar-refractivity contribution in [3.05, 3.63) is 35.9 Å². The summed E-state index contributed by atoms with van der Waals surface area (Å²) in [6.07, 6.45) is 0.565. The molecule has 4 heteroatoms. The van der Waals surface area contributed by atoms with Crippen molar-refractivity contribution in [3.63, 3.8) is 0 Å². The van der Waals surface area contributed by atoms with E-state index >= 15 is 0 Å². The number of carbonyl (C=O) groups is 1. The molecule has 1 aromatic carbocycles. The number of rotatable bonds is 3. The van der Waals surface area contributed by atoms with E-state index in [0.29, 0.717) is 10.8 Å². The Kier molecular flexibility index (Phi) is 3.49. The second-order valence-corrected chi connectivity index (χ2v) is 4.76. The molecule has 86 valence electrons. The van der Waals surface area contributed by atoms with E-state index in [9.17, 15) is 4.79 Å². The lowest BCUT2D eigenvalue weighted by Gasteiger charge is -2.25. The van der Waals surface area contributed by atoms with Crippen LogP contribution in [0.4, 0.5) is 0 Å². The van der Waals surface area contributed by atoms with Crippen LogP contribution in [0.25, 0.3) is 0 Å². The molecule has 0 radical (unpaired) electrons. The van der Waals surface area contributed by atoms with Gasteiger partial charge in [0.2, 0.25) is 0 Å². The summed E-state index contributed by atoms with van der Waals surface area (Å²) < 4.78 is 6.19. The highest BCUT2D eigenvalue weighted by molar-refractivity contribution is 14.1. The molecular weight excluding hydrogens is 319 g/mol. The summed E-state index contributed by atoms with van der Waals surface area (Å²) in [6, 6.07) is 9.73. The normalized spacial score (nSPS) is 29.1. The summed E-state index contributed by atoms with van der Waals surface area (Å²) in [5, 5.41) is 9.11. The first kappa shape index (κ1) is 11.9. The van der Waals surface area contributed by atoms with Gasteiger partial charge in [-0.1, -0.05) is 52.9 Å². The van der Waals surface area contributed by atoms with E-state index in [1.54, 1.807) is 0 Å². The minimum Gasteiger partial charge on any atom is -0.453 e. The van der Waals surface area contributed by atoms with Crippen molar-refractivity contribution in [1.29, 1.82) is 0 Å². The molecule has 1 N–H and O–H groups in total. The number of cyclic esters (lactones) is 1.